The summed E-state index contributed by atoms with van der Waals surface area (Å²) in [5.41, 5.74) is 7.55. The molecule has 0 aromatic carbocycles. The minimum Gasteiger partial charge on any atom is -0.389 e. The van der Waals surface area contributed by atoms with Crippen LogP contribution in [0.15, 0.2) is 0 Å². The lowest BCUT2D eigenvalue weighted by atomic mass is 9.74. The van der Waals surface area contributed by atoms with Gasteiger partial charge in [0.15, 0.2) is 0 Å². The molecular formula is C24H38N6O2S. The van der Waals surface area contributed by atoms with E-state index in [2.05, 4.69) is 42.1 Å². The SMILES string of the molecule is CCCN(C(=O)NCC(C)(C)N(C)C)C(=O)C1CC2Cc3c(sc(N)c3C#N)CC2N(C)C1. The smallest absolute Gasteiger partial charge is 0.324 e. The molecule has 3 rings (SSSR count). The van der Waals surface area contributed by atoms with E-state index in [1.807, 2.05) is 21.0 Å². The first-order valence-electron chi connectivity index (χ1n) is 11.8. The molecule has 182 valence electrons. The molecule has 0 saturated carbocycles. The number of likely N-dealkylation sites (N-methyl/N-ethyl adjacent to an activating group) is 2. The third-order valence-electron chi connectivity index (χ3n) is 7.49. The van der Waals surface area contributed by atoms with Crippen molar-refractivity contribution in [2.75, 3.05) is 46.5 Å². The predicted octanol–water partition coefficient (Wildman–Crippen LogP) is 2.53. The van der Waals surface area contributed by atoms with Crippen LogP contribution in [-0.2, 0) is 17.6 Å². The Morgan fingerprint density at radius 1 is 1.33 bits per heavy atom. The minimum atomic E-state index is -0.315. The number of imide groups is 1. The molecule has 3 unspecified atom stereocenters. The van der Waals surface area contributed by atoms with Crippen molar-refractivity contribution in [2.45, 2.75) is 58.0 Å². The molecule has 33 heavy (non-hydrogen) atoms. The summed E-state index contributed by atoms with van der Waals surface area (Å²) in [4.78, 5) is 33.5. The van der Waals surface area contributed by atoms with Gasteiger partial charge in [0.2, 0.25) is 5.91 Å². The third-order valence-corrected chi connectivity index (χ3v) is 8.57. The number of nitrogens with two attached hydrogens (primary N) is 1. The van der Waals surface area contributed by atoms with Gasteiger partial charge in [-0.05, 0) is 72.2 Å². The van der Waals surface area contributed by atoms with E-state index in [1.54, 1.807) is 0 Å². The van der Waals surface area contributed by atoms with Crippen molar-refractivity contribution in [1.82, 2.24) is 20.0 Å². The summed E-state index contributed by atoms with van der Waals surface area (Å²) < 4.78 is 0. The van der Waals surface area contributed by atoms with Crippen molar-refractivity contribution in [3.05, 3.63) is 16.0 Å². The first-order chi connectivity index (χ1) is 15.5. The fourth-order valence-electron chi connectivity index (χ4n) is 4.95. The number of amides is 3. The second-order valence-corrected chi connectivity index (χ2v) is 11.5. The van der Waals surface area contributed by atoms with Crippen LogP contribution in [-0.4, -0.2) is 79.0 Å². The van der Waals surface area contributed by atoms with E-state index in [0.29, 0.717) is 42.7 Å². The van der Waals surface area contributed by atoms with Gasteiger partial charge in [-0.15, -0.1) is 11.3 Å². The number of carbonyl (C=O) groups excluding carboxylic acids is 2. The average Bonchev–Trinajstić information content (AvgIpc) is 3.07. The second-order valence-electron chi connectivity index (χ2n) is 10.3. The van der Waals surface area contributed by atoms with Gasteiger partial charge in [0.05, 0.1) is 11.5 Å². The molecule has 8 nitrogen and oxygen atoms in total. The summed E-state index contributed by atoms with van der Waals surface area (Å²) in [5, 5.41) is 13.1. The van der Waals surface area contributed by atoms with Crippen molar-refractivity contribution in [3.8, 4) is 6.07 Å². The van der Waals surface area contributed by atoms with Crippen LogP contribution in [0.4, 0.5) is 9.80 Å². The molecule has 0 spiro atoms. The molecule has 3 amide bonds. The third kappa shape index (κ3) is 5.18. The maximum Gasteiger partial charge on any atom is 0.324 e. The first kappa shape index (κ1) is 25.5. The fourth-order valence-corrected chi connectivity index (χ4v) is 6.05. The van der Waals surface area contributed by atoms with Crippen LogP contribution < -0.4 is 11.1 Å². The lowest BCUT2D eigenvalue weighted by molar-refractivity contribution is -0.136. The Labute approximate surface area is 201 Å². The zero-order valence-electron chi connectivity index (χ0n) is 20.8. The van der Waals surface area contributed by atoms with E-state index < -0.39 is 0 Å². The van der Waals surface area contributed by atoms with E-state index in [9.17, 15) is 14.9 Å². The Kier molecular flexibility index (Phi) is 7.72. The fraction of sp³-hybridized carbons (Fsp3) is 0.708. The van der Waals surface area contributed by atoms with E-state index in [4.69, 9.17) is 5.73 Å². The number of thiophene rings is 1. The maximum atomic E-state index is 13.5. The van der Waals surface area contributed by atoms with Crippen molar-refractivity contribution in [3.63, 3.8) is 0 Å². The van der Waals surface area contributed by atoms with Crippen molar-refractivity contribution >= 4 is 28.3 Å². The van der Waals surface area contributed by atoms with Crippen LogP contribution in [0, 0.1) is 23.2 Å². The number of likely N-dealkylation sites (tertiary alicyclic amines) is 1. The molecule has 1 aliphatic carbocycles. The molecule has 1 saturated heterocycles. The zero-order chi connectivity index (χ0) is 24.5. The number of fused-ring (bicyclic) bond motifs is 2. The number of urea groups is 1. The summed E-state index contributed by atoms with van der Waals surface area (Å²) in [7, 11) is 6.02. The quantitative estimate of drug-likeness (QED) is 0.656. The molecule has 1 aromatic heterocycles. The van der Waals surface area contributed by atoms with Crippen LogP contribution in [0.25, 0.3) is 0 Å². The van der Waals surface area contributed by atoms with Gasteiger partial charge < -0.3 is 20.9 Å². The summed E-state index contributed by atoms with van der Waals surface area (Å²) >= 11 is 1.53. The monoisotopic (exact) mass is 474 g/mol. The van der Waals surface area contributed by atoms with Crippen LogP contribution in [0.1, 0.15) is 49.6 Å². The van der Waals surface area contributed by atoms with E-state index in [0.717, 1.165) is 24.8 Å². The van der Waals surface area contributed by atoms with Crippen molar-refractivity contribution in [1.29, 1.82) is 5.26 Å². The van der Waals surface area contributed by atoms with Gasteiger partial charge >= 0.3 is 6.03 Å². The minimum absolute atomic E-state index is 0.0987. The number of nitrogens with one attached hydrogen (secondary N) is 1. The van der Waals surface area contributed by atoms with Gasteiger partial charge in [-0.1, -0.05) is 6.92 Å². The van der Waals surface area contributed by atoms with Crippen molar-refractivity contribution < 1.29 is 9.59 Å². The number of nitrogens with zero attached hydrogens (tertiary/aromatic N) is 4. The molecule has 3 N–H and O–H groups in total. The van der Waals surface area contributed by atoms with Gasteiger partial charge in [0, 0.05) is 36.1 Å². The highest BCUT2D eigenvalue weighted by Crippen LogP contribution is 2.43. The van der Waals surface area contributed by atoms with Crippen LogP contribution in [0.2, 0.25) is 0 Å². The molecule has 2 aliphatic rings. The lowest BCUT2D eigenvalue weighted by Crippen LogP contribution is -2.57. The topological polar surface area (TPSA) is 106 Å². The zero-order valence-corrected chi connectivity index (χ0v) is 21.6. The summed E-state index contributed by atoms with van der Waals surface area (Å²) in [6.45, 7) is 7.59. The lowest BCUT2D eigenvalue weighted by Gasteiger charge is -2.45. The maximum absolute atomic E-state index is 13.5. The number of carbonyl (C=O) groups is 2. The summed E-state index contributed by atoms with van der Waals surface area (Å²) in [5.74, 6) is -0.0672. The molecule has 0 radical (unpaired) electrons. The molecule has 1 aromatic rings. The Morgan fingerprint density at radius 2 is 2.03 bits per heavy atom. The van der Waals surface area contributed by atoms with Gasteiger partial charge in [-0.3, -0.25) is 9.69 Å². The highest BCUT2D eigenvalue weighted by atomic mass is 32.1. The molecule has 0 bridgehead atoms. The largest absolute Gasteiger partial charge is 0.389 e. The number of piperidine rings is 1. The average molecular weight is 475 g/mol. The van der Waals surface area contributed by atoms with Gasteiger partial charge in [-0.2, -0.15) is 5.26 Å². The number of nitrogen functional groups attached to an aromatic ring is 1. The number of rotatable bonds is 6. The molecule has 3 atom stereocenters. The molecule has 2 heterocycles. The summed E-state index contributed by atoms with van der Waals surface area (Å²) in [6.07, 6.45) is 3.08. The number of nitriles is 1. The Bertz CT molecular complexity index is 934. The second kappa shape index (κ2) is 10.00. The Morgan fingerprint density at radius 3 is 2.64 bits per heavy atom. The highest BCUT2D eigenvalue weighted by Gasteiger charge is 2.43. The number of anilines is 1. The Balaban J connectivity index is 1.73. The van der Waals surface area contributed by atoms with Gasteiger partial charge in [-0.25, -0.2) is 4.79 Å². The van der Waals surface area contributed by atoms with Crippen LogP contribution in [0.3, 0.4) is 0 Å². The van der Waals surface area contributed by atoms with Crippen LogP contribution >= 0.6 is 11.3 Å². The van der Waals surface area contributed by atoms with Crippen LogP contribution in [0.5, 0.6) is 0 Å². The molecular weight excluding hydrogens is 436 g/mol. The van der Waals surface area contributed by atoms with Gasteiger partial charge in [0.25, 0.3) is 0 Å². The first-order valence-corrected chi connectivity index (χ1v) is 12.6. The molecule has 1 aliphatic heterocycles. The summed E-state index contributed by atoms with van der Waals surface area (Å²) in [6, 6.07) is 2.29. The molecule has 9 heteroatoms. The molecule has 1 fully saturated rings. The standard InChI is InChI=1S/C24H38N6O2S/c1-7-8-30(23(32)27-14-24(2,3)28(4)5)22(31)16-9-15-10-17-18(12-25)21(26)33-20(17)11-19(15)29(6)13-16/h15-16,19H,7-11,13-14,26H2,1-6H3,(H,27,32). The van der Waals surface area contributed by atoms with E-state index in [-0.39, 0.29) is 29.3 Å². The number of hydrogen-bond acceptors (Lipinski definition) is 7. The predicted molar refractivity (Wildman–Crippen MR) is 132 cm³/mol. The van der Waals surface area contributed by atoms with E-state index >= 15 is 0 Å². The van der Waals surface area contributed by atoms with Crippen molar-refractivity contribution in [2.24, 2.45) is 11.8 Å². The van der Waals surface area contributed by atoms with E-state index in [1.165, 1.54) is 21.1 Å². The normalized spacial score (nSPS) is 22.9. The highest BCUT2D eigenvalue weighted by molar-refractivity contribution is 7.16. The Hall–Kier alpha value is -2.15. The van der Waals surface area contributed by atoms with Gasteiger partial charge in [0.1, 0.15) is 11.1 Å². The number of hydrogen-bond donors (Lipinski definition) is 2.